The third-order valence-corrected chi connectivity index (χ3v) is 2.85. The van der Waals surface area contributed by atoms with Crippen LogP contribution in [0.25, 0.3) is 0 Å². The first kappa shape index (κ1) is 17.4. The Morgan fingerprint density at radius 2 is 1.13 bits per heavy atom. The van der Waals surface area contributed by atoms with Crippen LogP contribution in [0.5, 0.6) is 0 Å². The van der Waals surface area contributed by atoms with Crippen LogP contribution in [0, 0.1) is 5.92 Å². The van der Waals surface area contributed by atoms with Crippen LogP contribution in [0.15, 0.2) is 0 Å². The van der Waals surface area contributed by atoms with Crippen molar-refractivity contribution in [1.82, 2.24) is 0 Å². The molecule has 0 aromatic rings. The third-order valence-electron chi connectivity index (χ3n) is 2.85. The van der Waals surface area contributed by atoms with Crippen molar-refractivity contribution in [3.8, 4) is 0 Å². The van der Waals surface area contributed by atoms with E-state index in [0.29, 0.717) is 0 Å². The van der Waals surface area contributed by atoms with Gasteiger partial charge in [0.2, 0.25) is 0 Å². The molecule has 0 saturated heterocycles. The fraction of sp³-hybridized carbons (Fsp3) is 1.00. The highest BCUT2D eigenvalue weighted by Crippen LogP contribution is 2.15. The zero-order valence-corrected chi connectivity index (χ0v) is 11.0. The van der Waals surface area contributed by atoms with Gasteiger partial charge in [-0.1, -0.05) is 43.0 Å². The standard InChI is InChI=1S/C13H30N.BH4/c1-6-9-14(10-7-2,11-8-3)12-13(4)5;/h13H,6-12H2,1-5H3;1H4/q+1;-1. The molecule has 0 aromatic heterocycles. The van der Waals surface area contributed by atoms with Crippen LogP contribution in [-0.2, 0) is 0 Å². The molecule has 0 N–H and O–H groups in total. The van der Waals surface area contributed by atoms with Crippen molar-refractivity contribution in [2.45, 2.75) is 53.9 Å². The molecular weight excluding hydrogens is 181 g/mol. The molecule has 1 nitrogen and oxygen atoms in total. The summed E-state index contributed by atoms with van der Waals surface area (Å²) in [5.74, 6) is 0.833. The first-order valence-corrected chi connectivity index (χ1v) is 6.45. The number of nitrogens with zero attached hydrogens (tertiary/aromatic N) is 1. The van der Waals surface area contributed by atoms with Gasteiger partial charge < -0.3 is 4.48 Å². The summed E-state index contributed by atoms with van der Waals surface area (Å²) in [6, 6.07) is 0. The van der Waals surface area contributed by atoms with Crippen LogP contribution in [0.2, 0.25) is 0 Å². The molecule has 15 heavy (non-hydrogen) atoms. The summed E-state index contributed by atoms with van der Waals surface area (Å²) < 4.78 is 1.36. The molecule has 0 fully saturated rings. The minimum Gasteiger partial charge on any atom is -0.323 e. The minimum absolute atomic E-state index is 0. The Kier molecular flexibility index (Phi) is 10.8. The summed E-state index contributed by atoms with van der Waals surface area (Å²) in [7, 11) is 0. The summed E-state index contributed by atoms with van der Waals surface area (Å²) in [4.78, 5) is 0. The van der Waals surface area contributed by atoms with E-state index in [1.165, 1.54) is 49.9 Å². The third kappa shape index (κ3) is 7.00. The molecular formula is C13H34BN. The Hall–Kier alpha value is 0.0249. The first-order chi connectivity index (χ1) is 6.60. The zero-order chi connectivity index (χ0) is 11.0. The van der Waals surface area contributed by atoms with E-state index in [-0.39, 0.29) is 8.41 Å². The van der Waals surface area contributed by atoms with Gasteiger partial charge in [0.25, 0.3) is 0 Å². The van der Waals surface area contributed by atoms with Gasteiger partial charge in [-0.15, -0.1) is 0 Å². The van der Waals surface area contributed by atoms with Crippen molar-refractivity contribution in [2.24, 2.45) is 5.92 Å². The molecule has 0 aliphatic carbocycles. The van der Waals surface area contributed by atoms with Crippen LogP contribution >= 0.6 is 0 Å². The summed E-state index contributed by atoms with van der Waals surface area (Å²) in [5.41, 5.74) is 0. The Labute approximate surface area is 99.4 Å². The van der Waals surface area contributed by atoms with Crippen molar-refractivity contribution in [2.75, 3.05) is 26.2 Å². The van der Waals surface area contributed by atoms with Gasteiger partial charge >= 0.3 is 0 Å². The Morgan fingerprint density at radius 1 is 0.800 bits per heavy atom. The van der Waals surface area contributed by atoms with E-state index < -0.39 is 0 Å². The predicted octanol–water partition coefficient (Wildman–Crippen LogP) is 2.24. The van der Waals surface area contributed by atoms with E-state index in [9.17, 15) is 0 Å². The number of hydrogen-bond donors (Lipinski definition) is 0. The number of rotatable bonds is 8. The van der Waals surface area contributed by atoms with E-state index in [1.807, 2.05) is 0 Å². The van der Waals surface area contributed by atoms with Crippen molar-refractivity contribution < 1.29 is 4.48 Å². The summed E-state index contributed by atoms with van der Waals surface area (Å²) in [6.45, 7) is 17.2. The second kappa shape index (κ2) is 9.27. The van der Waals surface area contributed by atoms with Crippen LogP contribution in [-0.4, -0.2) is 39.1 Å². The minimum atomic E-state index is 0. The lowest BCUT2D eigenvalue weighted by Gasteiger charge is -2.40. The van der Waals surface area contributed by atoms with Crippen molar-refractivity contribution in [3.63, 3.8) is 0 Å². The quantitative estimate of drug-likeness (QED) is 0.430. The van der Waals surface area contributed by atoms with E-state index in [1.54, 1.807) is 0 Å². The van der Waals surface area contributed by atoms with Gasteiger partial charge in [-0.05, 0) is 19.3 Å². The maximum atomic E-state index is 2.36. The molecule has 0 atom stereocenters. The molecule has 0 amide bonds. The van der Waals surface area contributed by atoms with Crippen LogP contribution < -0.4 is 0 Å². The fourth-order valence-corrected chi connectivity index (χ4v) is 2.81. The summed E-state index contributed by atoms with van der Waals surface area (Å²) in [6.07, 6.45) is 3.98. The van der Waals surface area contributed by atoms with Gasteiger partial charge in [0.15, 0.2) is 0 Å². The molecule has 2 heteroatoms. The predicted molar refractivity (Wildman–Crippen MR) is 76.8 cm³/mol. The summed E-state index contributed by atoms with van der Waals surface area (Å²) in [5, 5.41) is 0. The van der Waals surface area contributed by atoms with Crippen LogP contribution in [0.3, 0.4) is 0 Å². The molecule has 0 rings (SSSR count). The molecule has 0 aliphatic heterocycles. The van der Waals surface area contributed by atoms with Crippen molar-refractivity contribution >= 4 is 8.41 Å². The maximum Gasteiger partial charge on any atom is 0.0809 e. The van der Waals surface area contributed by atoms with Gasteiger partial charge in [0, 0.05) is 5.92 Å². The van der Waals surface area contributed by atoms with Crippen molar-refractivity contribution in [1.29, 1.82) is 0 Å². The van der Waals surface area contributed by atoms with Gasteiger partial charge in [0.05, 0.1) is 26.2 Å². The van der Waals surface area contributed by atoms with Gasteiger partial charge in [0.1, 0.15) is 0 Å². The van der Waals surface area contributed by atoms with Gasteiger partial charge in [-0.25, -0.2) is 0 Å². The topological polar surface area (TPSA) is 0 Å². The lowest BCUT2D eigenvalue weighted by molar-refractivity contribution is -0.931. The van der Waals surface area contributed by atoms with Crippen molar-refractivity contribution in [3.05, 3.63) is 0 Å². The Morgan fingerprint density at radius 3 is 1.33 bits per heavy atom. The SMILES string of the molecule is CCC[N+](CCC)(CCC)CC(C)C.[BH4-]. The molecule has 0 bridgehead atoms. The normalized spacial score (nSPS) is 11.6. The van der Waals surface area contributed by atoms with E-state index in [4.69, 9.17) is 0 Å². The molecule has 0 unspecified atom stereocenters. The second-order valence-electron chi connectivity index (χ2n) is 5.09. The molecule has 0 saturated carbocycles. The number of hydrogen-bond acceptors (Lipinski definition) is 0. The fourth-order valence-electron chi connectivity index (χ4n) is 2.81. The summed E-state index contributed by atoms with van der Waals surface area (Å²) >= 11 is 0. The molecule has 0 heterocycles. The molecule has 0 aliphatic rings. The van der Waals surface area contributed by atoms with E-state index >= 15 is 0 Å². The van der Waals surface area contributed by atoms with E-state index in [0.717, 1.165) is 5.92 Å². The number of quaternary nitrogens is 1. The Bertz CT molecular complexity index is 117. The first-order valence-electron chi connectivity index (χ1n) is 6.45. The average Bonchev–Trinajstić information content (AvgIpc) is 2.03. The van der Waals surface area contributed by atoms with Gasteiger partial charge in [-0.2, -0.15) is 0 Å². The largest absolute Gasteiger partial charge is 0.323 e. The highest BCUT2D eigenvalue weighted by Gasteiger charge is 2.25. The van der Waals surface area contributed by atoms with Crippen LogP contribution in [0.4, 0.5) is 0 Å². The van der Waals surface area contributed by atoms with E-state index in [2.05, 4.69) is 34.6 Å². The van der Waals surface area contributed by atoms with Gasteiger partial charge in [-0.3, -0.25) is 0 Å². The highest BCUT2D eigenvalue weighted by molar-refractivity contribution is 5.75. The maximum absolute atomic E-state index is 2.36. The zero-order valence-electron chi connectivity index (χ0n) is 11.0. The second-order valence-corrected chi connectivity index (χ2v) is 5.09. The monoisotopic (exact) mass is 215 g/mol. The van der Waals surface area contributed by atoms with Crippen LogP contribution in [0.1, 0.15) is 53.9 Å². The molecule has 0 aromatic carbocycles. The lowest BCUT2D eigenvalue weighted by atomic mass is 10.1. The highest BCUT2D eigenvalue weighted by atomic mass is 15.3. The molecule has 94 valence electrons. The smallest absolute Gasteiger partial charge is 0.0809 e. The lowest BCUT2D eigenvalue weighted by Crippen LogP contribution is -2.51. The molecule has 0 radical (unpaired) electrons. The Balaban J connectivity index is 0. The molecule has 0 spiro atoms. The average molecular weight is 215 g/mol.